The van der Waals surface area contributed by atoms with Gasteiger partial charge in [-0.05, 0) is 12.1 Å². The van der Waals surface area contributed by atoms with Gasteiger partial charge in [-0.25, -0.2) is 0 Å². The monoisotopic (exact) mass is 262 g/mol. The number of methoxy groups -OCH3 is 1. The maximum Gasteiger partial charge on any atom is 0.277 e. The molecule has 0 aliphatic carbocycles. The normalized spacial score (nSPS) is 14.6. The van der Waals surface area contributed by atoms with Crippen molar-refractivity contribution >= 4 is 23.1 Å². The predicted octanol–water partition coefficient (Wildman–Crippen LogP) is 0.985. The van der Waals surface area contributed by atoms with Crippen LogP contribution in [0.25, 0.3) is 5.57 Å². The average molecular weight is 262 g/mol. The lowest BCUT2D eigenvalue weighted by molar-refractivity contribution is -0.385. The van der Waals surface area contributed by atoms with E-state index in [0.29, 0.717) is 5.75 Å². The van der Waals surface area contributed by atoms with Gasteiger partial charge in [0.15, 0.2) is 0 Å². The van der Waals surface area contributed by atoms with Crippen molar-refractivity contribution in [3.8, 4) is 5.75 Å². The summed E-state index contributed by atoms with van der Waals surface area (Å²) in [6.07, 6.45) is 1.09. The molecule has 0 N–H and O–H groups in total. The molecule has 1 aliphatic heterocycles. The summed E-state index contributed by atoms with van der Waals surface area (Å²) in [4.78, 5) is 34.6. The van der Waals surface area contributed by atoms with E-state index in [-0.39, 0.29) is 16.8 Å². The van der Waals surface area contributed by atoms with Gasteiger partial charge < -0.3 is 4.74 Å². The number of nitro benzene ring substituents is 1. The molecule has 1 heterocycles. The second kappa shape index (κ2) is 4.52. The average Bonchev–Trinajstić information content (AvgIpc) is 2.65. The van der Waals surface area contributed by atoms with Gasteiger partial charge in [-0.15, -0.1) is 0 Å². The van der Waals surface area contributed by atoms with Crippen molar-refractivity contribution in [1.82, 2.24) is 4.90 Å². The Morgan fingerprint density at radius 3 is 2.47 bits per heavy atom. The fraction of sp³-hybridized carbons (Fsp3) is 0.167. The van der Waals surface area contributed by atoms with Gasteiger partial charge >= 0.3 is 0 Å². The van der Waals surface area contributed by atoms with Gasteiger partial charge in [0.2, 0.25) is 0 Å². The highest BCUT2D eigenvalue weighted by atomic mass is 16.6. The second-order valence-electron chi connectivity index (χ2n) is 3.90. The number of benzene rings is 1. The number of imide groups is 1. The van der Waals surface area contributed by atoms with Gasteiger partial charge in [0.05, 0.1) is 23.2 Å². The Hall–Kier alpha value is -2.70. The smallest absolute Gasteiger partial charge is 0.277 e. The minimum Gasteiger partial charge on any atom is -0.497 e. The van der Waals surface area contributed by atoms with E-state index >= 15 is 0 Å². The maximum absolute atomic E-state index is 11.9. The van der Waals surface area contributed by atoms with Crippen LogP contribution in [0.2, 0.25) is 0 Å². The standard InChI is InChI=1S/C12H10N2O5/c1-13-11(15)6-9(12(13)16)8-5-7(19-2)3-4-10(8)14(17)18/h3-6H,1-2H3. The van der Waals surface area contributed by atoms with Crippen molar-refractivity contribution in [3.05, 3.63) is 40.0 Å². The number of carbonyl (C=O) groups is 2. The molecule has 2 amide bonds. The molecule has 19 heavy (non-hydrogen) atoms. The lowest BCUT2D eigenvalue weighted by atomic mass is 10.0. The molecule has 0 saturated carbocycles. The SMILES string of the molecule is COc1ccc([N+](=O)[O-])c(C2=CC(=O)N(C)C2=O)c1. The molecule has 2 rings (SSSR count). The van der Waals surface area contributed by atoms with Gasteiger partial charge in [-0.1, -0.05) is 0 Å². The van der Waals surface area contributed by atoms with Gasteiger partial charge in [0.1, 0.15) is 5.75 Å². The third-order valence-corrected chi connectivity index (χ3v) is 2.82. The van der Waals surface area contributed by atoms with Crippen LogP contribution in [0.5, 0.6) is 5.75 Å². The zero-order chi connectivity index (χ0) is 14.2. The van der Waals surface area contributed by atoms with Crippen LogP contribution in [0.4, 0.5) is 5.69 Å². The minimum absolute atomic E-state index is 0.00176. The van der Waals surface area contributed by atoms with Gasteiger partial charge in [0.25, 0.3) is 17.5 Å². The third kappa shape index (κ3) is 2.05. The number of rotatable bonds is 3. The van der Waals surface area contributed by atoms with Crippen molar-refractivity contribution in [2.45, 2.75) is 0 Å². The summed E-state index contributed by atoms with van der Waals surface area (Å²) >= 11 is 0. The van der Waals surface area contributed by atoms with E-state index in [0.717, 1.165) is 11.0 Å². The summed E-state index contributed by atoms with van der Waals surface area (Å²) in [5, 5.41) is 11.0. The number of likely N-dealkylation sites (N-methyl/N-ethyl adjacent to an activating group) is 1. The Morgan fingerprint density at radius 1 is 1.32 bits per heavy atom. The Balaban J connectivity index is 2.61. The molecule has 0 radical (unpaired) electrons. The molecule has 0 bridgehead atoms. The molecular formula is C12H10N2O5. The predicted molar refractivity (Wildman–Crippen MR) is 65.4 cm³/mol. The molecule has 98 valence electrons. The van der Waals surface area contributed by atoms with E-state index in [1.54, 1.807) is 0 Å². The first-order valence-electron chi connectivity index (χ1n) is 5.32. The fourth-order valence-electron chi connectivity index (χ4n) is 1.77. The summed E-state index contributed by atoms with van der Waals surface area (Å²) in [5.74, 6) is -0.699. The number of nitrogens with zero attached hydrogens (tertiary/aromatic N) is 2. The van der Waals surface area contributed by atoms with E-state index < -0.39 is 16.7 Å². The summed E-state index contributed by atoms with van der Waals surface area (Å²) in [6.45, 7) is 0. The number of ether oxygens (including phenoxy) is 1. The highest BCUT2D eigenvalue weighted by Crippen LogP contribution is 2.33. The van der Waals surface area contributed by atoms with Gasteiger partial charge in [0, 0.05) is 19.2 Å². The quantitative estimate of drug-likeness (QED) is 0.460. The number of amides is 2. The maximum atomic E-state index is 11.9. The largest absolute Gasteiger partial charge is 0.497 e. The topological polar surface area (TPSA) is 89.8 Å². The van der Waals surface area contributed by atoms with Crippen LogP contribution in [0.15, 0.2) is 24.3 Å². The Labute approximate surface area is 108 Å². The molecule has 0 spiro atoms. The van der Waals surface area contributed by atoms with Gasteiger partial charge in [-0.2, -0.15) is 0 Å². The van der Waals surface area contributed by atoms with Crippen LogP contribution in [0.3, 0.4) is 0 Å². The van der Waals surface area contributed by atoms with E-state index in [9.17, 15) is 19.7 Å². The first-order valence-corrected chi connectivity index (χ1v) is 5.32. The number of hydrogen-bond donors (Lipinski definition) is 0. The number of hydrogen-bond acceptors (Lipinski definition) is 5. The third-order valence-electron chi connectivity index (χ3n) is 2.82. The molecule has 0 fully saturated rings. The zero-order valence-electron chi connectivity index (χ0n) is 10.2. The Morgan fingerprint density at radius 2 is 2.00 bits per heavy atom. The lowest BCUT2D eigenvalue weighted by Crippen LogP contribution is -2.25. The molecule has 7 heteroatoms. The van der Waals surface area contributed by atoms with E-state index in [4.69, 9.17) is 4.74 Å². The minimum atomic E-state index is -0.605. The van der Waals surface area contributed by atoms with Crippen molar-refractivity contribution in [1.29, 1.82) is 0 Å². The second-order valence-corrected chi connectivity index (χ2v) is 3.90. The molecule has 1 aliphatic rings. The summed E-state index contributed by atoms with van der Waals surface area (Å²) in [5.41, 5.74) is -0.173. The summed E-state index contributed by atoms with van der Waals surface area (Å²) < 4.78 is 4.98. The summed E-state index contributed by atoms with van der Waals surface area (Å²) in [7, 11) is 2.73. The zero-order valence-corrected chi connectivity index (χ0v) is 10.2. The number of carbonyl (C=O) groups excluding carboxylic acids is 2. The van der Waals surface area contributed by atoms with Crippen LogP contribution < -0.4 is 4.74 Å². The molecule has 0 unspecified atom stereocenters. The molecule has 1 aromatic carbocycles. The molecule has 0 atom stereocenters. The molecule has 1 aromatic rings. The number of nitro groups is 1. The first-order chi connectivity index (χ1) is 8.95. The van der Waals surface area contributed by atoms with Crippen LogP contribution >= 0.6 is 0 Å². The highest BCUT2D eigenvalue weighted by Gasteiger charge is 2.32. The van der Waals surface area contributed by atoms with Crippen molar-refractivity contribution in [3.63, 3.8) is 0 Å². The van der Waals surface area contributed by atoms with E-state index in [2.05, 4.69) is 0 Å². The van der Waals surface area contributed by atoms with Crippen molar-refractivity contribution < 1.29 is 19.2 Å². The molecule has 0 saturated heterocycles. The highest BCUT2D eigenvalue weighted by molar-refractivity contribution is 6.33. The van der Waals surface area contributed by atoms with E-state index in [1.807, 2.05) is 0 Å². The van der Waals surface area contributed by atoms with Crippen LogP contribution in [0, 0.1) is 10.1 Å². The molecular weight excluding hydrogens is 252 g/mol. The van der Waals surface area contributed by atoms with E-state index in [1.165, 1.54) is 32.4 Å². The Bertz CT molecular complexity index is 621. The van der Waals surface area contributed by atoms with Crippen molar-refractivity contribution in [2.24, 2.45) is 0 Å². The van der Waals surface area contributed by atoms with Gasteiger partial charge in [-0.3, -0.25) is 24.6 Å². The molecule has 7 nitrogen and oxygen atoms in total. The van der Waals surface area contributed by atoms with Crippen LogP contribution in [-0.4, -0.2) is 35.8 Å². The lowest BCUT2D eigenvalue weighted by Gasteiger charge is -2.08. The van der Waals surface area contributed by atoms with Crippen LogP contribution in [-0.2, 0) is 9.59 Å². The summed E-state index contributed by atoms with van der Waals surface area (Å²) in [6, 6.07) is 4.03. The first kappa shape index (κ1) is 12.7. The fourth-order valence-corrected chi connectivity index (χ4v) is 1.77. The Kier molecular flexibility index (Phi) is 3.04. The van der Waals surface area contributed by atoms with Crippen molar-refractivity contribution in [2.75, 3.05) is 14.2 Å². The molecule has 0 aromatic heterocycles. The van der Waals surface area contributed by atoms with Crippen LogP contribution in [0.1, 0.15) is 5.56 Å².